The first kappa shape index (κ1) is 15.7. The standard InChI is InChI=1S/C17H12ClNO3/c1-11(10-19)22-17(21)15-5-3-2-4-14(15)16(20)12-6-8-13(18)9-7-12/h2-9,11H,1H3/t11-/m0/s1. The minimum absolute atomic E-state index is 0.129. The van der Waals surface area contributed by atoms with Crippen molar-refractivity contribution in [2.45, 2.75) is 13.0 Å². The Morgan fingerprint density at radius 2 is 1.68 bits per heavy atom. The number of ketones is 1. The molecule has 0 radical (unpaired) electrons. The molecule has 0 amide bonds. The fourth-order valence-corrected chi connectivity index (χ4v) is 1.99. The number of nitriles is 1. The summed E-state index contributed by atoms with van der Waals surface area (Å²) in [6.07, 6.45) is -0.883. The number of benzene rings is 2. The Morgan fingerprint density at radius 1 is 1.09 bits per heavy atom. The number of hydrogen-bond donors (Lipinski definition) is 0. The van der Waals surface area contributed by atoms with E-state index in [4.69, 9.17) is 21.6 Å². The SMILES string of the molecule is C[C@@H](C#N)OC(=O)c1ccccc1C(=O)c1ccc(Cl)cc1. The van der Waals surface area contributed by atoms with E-state index in [-0.39, 0.29) is 16.9 Å². The molecule has 0 saturated carbocycles. The predicted molar refractivity (Wildman–Crippen MR) is 81.8 cm³/mol. The molecule has 0 N–H and O–H groups in total. The van der Waals surface area contributed by atoms with Gasteiger partial charge in [-0.3, -0.25) is 4.79 Å². The summed E-state index contributed by atoms with van der Waals surface area (Å²) in [6, 6.07) is 14.5. The van der Waals surface area contributed by atoms with Gasteiger partial charge in [0.05, 0.1) is 5.56 Å². The Morgan fingerprint density at radius 3 is 2.27 bits per heavy atom. The van der Waals surface area contributed by atoms with Gasteiger partial charge in [0.2, 0.25) is 0 Å². The van der Waals surface area contributed by atoms with Gasteiger partial charge in [-0.1, -0.05) is 29.8 Å². The summed E-state index contributed by atoms with van der Waals surface area (Å²) in [6.45, 7) is 1.46. The van der Waals surface area contributed by atoms with E-state index in [0.717, 1.165) is 0 Å². The Balaban J connectivity index is 2.36. The zero-order chi connectivity index (χ0) is 16.1. The second kappa shape index (κ2) is 6.88. The van der Waals surface area contributed by atoms with Crippen molar-refractivity contribution in [2.75, 3.05) is 0 Å². The number of nitrogens with zero attached hydrogens (tertiary/aromatic N) is 1. The monoisotopic (exact) mass is 313 g/mol. The molecule has 2 rings (SSSR count). The number of carbonyl (C=O) groups is 2. The third-order valence-electron chi connectivity index (χ3n) is 2.96. The van der Waals surface area contributed by atoms with Gasteiger partial charge in [0, 0.05) is 16.1 Å². The van der Waals surface area contributed by atoms with Crippen molar-refractivity contribution in [3.05, 3.63) is 70.2 Å². The van der Waals surface area contributed by atoms with Crippen LogP contribution in [0.5, 0.6) is 0 Å². The first-order chi connectivity index (χ1) is 10.5. The number of halogens is 1. The summed E-state index contributed by atoms with van der Waals surface area (Å²) in [5, 5.41) is 9.23. The van der Waals surface area contributed by atoms with Gasteiger partial charge in [-0.2, -0.15) is 5.26 Å². The molecule has 0 aromatic heterocycles. The molecule has 0 fully saturated rings. The molecule has 0 aliphatic rings. The van der Waals surface area contributed by atoms with Crippen molar-refractivity contribution in [3.63, 3.8) is 0 Å². The Bertz CT molecular complexity index is 747. The minimum Gasteiger partial charge on any atom is -0.444 e. The second-order valence-electron chi connectivity index (χ2n) is 4.56. The topological polar surface area (TPSA) is 67.2 Å². The van der Waals surface area contributed by atoms with Crippen LogP contribution >= 0.6 is 11.6 Å². The van der Waals surface area contributed by atoms with Gasteiger partial charge in [-0.15, -0.1) is 0 Å². The van der Waals surface area contributed by atoms with E-state index in [1.165, 1.54) is 13.0 Å². The molecule has 5 heteroatoms. The highest BCUT2D eigenvalue weighted by molar-refractivity contribution is 6.30. The van der Waals surface area contributed by atoms with Crippen LogP contribution in [-0.4, -0.2) is 17.9 Å². The fraction of sp³-hybridized carbons (Fsp3) is 0.118. The molecule has 0 unspecified atom stereocenters. The molecule has 0 aliphatic heterocycles. The molecule has 4 nitrogen and oxygen atoms in total. The van der Waals surface area contributed by atoms with Crippen molar-refractivity contribution < 1.29 is 14.3 Å². The van der Waals surface area contributed by atoms with Crippen LogP contribution in [-0.2, 0) is 4.74 Å². The van der Waals surface area contributed by atoms with Crippen LogP contribution in [0.4, 0.5) is 0 Å². The lowest BCUT2D eigenvalue weighted by molar-refractivity contribution is 0.0433. The number of hydrogen-bond acceptors (Lipinski definition) is 4. The van der Waals surface area contributed by atoms with E-state index in [9.17, 15) is 9.59 Å². The third kappa shape index (κ3) is 3.51. The molecule has 0 spiro atoms. The average Bonchev–Trinajstić information content (AvgIpc) is 2.54. The van der Waals surface area contributed by atoms with Gasteiger partial charge in [0.25, 0.3) is 0 Å². The number of carbonyl (C=O) groups excluding carboxylic acids is 2. The number of ether oxygens (including phenoxy) is 1. The zero-order valence-electron chi connectivity index (χ0n) is 11.7. The number of esters is 1. The van der Waals surface area contributed by atoms with E-state index in [1.54, 1.807) is 42.5 Å². The van der Waals surface area contributed by atoms with E-state index in [0.29, 0.717) is 10.6 Å². The average molecular weight is 314 g/mol. The van der Waals surface area contributed by atoms with E-state index in [1.807, 2.05) is 6.07 Å². The molecule has 0 bridgehead atoms. The van der Waals surface area contributed by atoms with Gasteiger partial charge < -0.3 is 4.74 Å². The largest absolute Gasteiger partial charge is 0.444 e. The molecule has 110 valence electrons. The van der Waals surface area contributed by atoms with Gasteiger partial charge in [-0.25, -0.2) is 4.79 Å². The number of rotatable bonds is 4. The Kier molecular flexibility index (Phi) is 4.92. The molecule has 2 aromatic carbocycles. The normalized spacial score (nSPS) is 11.3. The van der Waals surface area contributed by atoms with Crippen LogP contribution < -0.4 is 0 Å². The predicted octanol–water partition coefficient (Wildman–Crippen LogP) is 3.64. The maximum absolute atomic E-state index is 12.5. The van der Waals surface area contributed by atoms with Gasteiger partial charge in [-0.05, 0) is 37.3 Å². The summed E-state index contributed by atoms with van der Waals surface area (Å²) in [4.78, 5) is 24.6. The second-order valence-corrected chi connectivity index (χ2v) is 4.99. The summed E-state index contributed by atoms with van der Waals surface area (Å²) in [7, 11) is 0. The van der Waals surface area contributed by atoms with Gasteiger partial charge >= 0.3 is 5.97 Å². The minimum atomic E-state index is -0.883. The summed E-state index contributed by atoms with van der Waals surface area (Å²) in [5.41, 5.74) is 0.766. The Hall–Kier alpha value is -2.64. The van der Waals surface area contributed by atoms with Gasteiger partial charge in [0.15, 0.2) is 11.9 Å². The van der Waals surface area contributed by atoms with Crippen molar-refractivity contribution in [2.24, 2.45) is 0 Å². The van der Waals surface area contributed by atoms with E-state index >= 15 is 0 Å². The van der Waals surface area contributed by atoms with Crippen molar-refractivity contribution >= 4 is 23.4 Å². The lowest BCUT2D eigenvalue weighted by Gasteiger charge is -2.10. The molecule has 0 aliphatic carbocycles. The molecule has 0 saturated heterocycles. The molecule has 0 heterocycles. The zero-order valence-corrected chi connectivity index (χ0v) is 12.5. The van der Waals surface area contributed by atoms with Crippen LogP contribution in [0.25, 0.3) is 0 Å². The van der Waals surface area contributed by atoms with E-state index < -0.39 is 12.1 Å². The maximum atomic E-state index is 12.5. The van der Waals surface area contributed by atoms with Crippen LogP contribution in [0.2, 0.25) is 5.02 Å². The lowest BCUT2D eigenvalue weighted by Crippen LogP contribution is -2.16. The summed E-state index contributed by atoms with van der Waals surface area (Å²) in [5.74, 6) is -1.01. The van der Waals surface area contributed by atoms with Crippen LogP contribution in [0.15, 0.2) is 48.5 Å². The van der Waals surface area contributed by atoms with Crippen LogP contribution in [0.1, 0.15) is 33.2 Å². The lowest BCUT2D eigenvalue weighted by atomic mass is 9.98. The van der Waals surface area contributed by atoms with Crippen LogP contribution in [0, 0.1) is 11.3 Å². The maximum Gasteiger partial charge on any atom is 0.340 e. The smallest absolute Gasteiger partial charge is 0.340 e. The summed E-state index contributed by atoms with van der Waals surface area (Å²) < 4.78 is 4.96. The first-order valence-electron chi connectivity index (χ1n) is 6.53. The Labute approximate surface area is 132 Å². The first-order valence-corrected chi connectivity index (χ1v) is 6.90. The molecular weight excluding hydrogens is 302 g/mol. The van der Waals surface area contributed by atoms with Crippen molar-refractivity contribution in [1.82, 2.24) is 0 Å². The van der Waals surface area contributed by atoms with Crippen molar-refractivity contribution in [3.8, 4) is 6.07 Å². The summed E-state index contributed by atoms with van der Waals surface area (Å²) >= 11 is 5.80. The third-order valence-corrected chi connectivity index (χ3v) is 3.22. The van der Waals surface area contributed by atoms with E-state index in [2.05, 4.69) is 0 Å². The highest BCUT2D eigenvalue weighted by atomic mass is 35.5. The van der Waals surface area contributed by atoms with Crippen molar-refractivity contribution in [1.29, 1.82) is 5.26 Å². The van der Waals surface area contributed by atoms with Gasteiger partial charge in [0.1, 0.15) is 6.07 Å². The highest BCUT2D eigenvalue weighted by Crippen LogP contribution is 2.18. The molecular formula is C17H12ClNO3. The quantitative estimate of drug-likeness (QED) is 0.638. The molecule has 22 heavy (non-hydrogen) atoms. The molecule has 2 aromatic rings. The highest BCUT2D eigenvalue weighted by Gasteiger charge is 2.20. The fourth-order valence-electron chi connectivity index (χ4n) is 1.87. The molecule has 1 atom stereocenters. The van der Waals surface area contributed by atoms with Crippen LogP contribution in [0.3, 0.4) is 0 Å².